The number of aromatic nitrogens is 2. The minimum absolute atomic E-state index is 0.0102. The van der Waals surface area contributed by atoms with Crippen LogP contribution in [0.3, 0.4) is 0 Å². The van der Waals surface area contributed by atoms with E-state index in [0.717, 1.165) is 23.3 Å². The van der Waals surface area contributed by atoms with Crippen molar-refractivity contribution in [2.24, 2.45) is 23.7 Å². The molecule has 0 radical (unpaired) electrons. The van der Waals surface area contributed by atoms with Crippen LogP contribution in [-0.4, -0.2) is 9.13 Å². The van der Waals surface area contributed by atoms with Gasteiger partial charge >= 0.3 is 0 Å². The molecule has 0 N–H and O–H groups in total. The predicted octanol–water partition coefficient (Wildman–Crippen LogP) is 22.1. The van der Waals surface area contributed by atoms with Crippen LogP contribution in [0.5, 0.6) is 11.5 Å². The van der Waals surface area contributed by atoms with Gasteiger partial charge in [-0.3, -0.25) is 0 Å². The second kappa shape index (κ2) is 18.3. The Bertz CT molecular complexity index is 4940. The van der Waals surface area contributed by atoms with Gasteiger partial charge in [-0.2, -0.15) is 0 Å². The second-order valence-electron chi connectivity index (χ2n) is 27.5. The molecule has 3 nitrogen and oxygen atoms in total. The van der Waals surface area contributed by atoms with Crippen LogP contribution in [0.1, 0.15) is 102 Å². The van der Waals surface area contributed by atoms with Crippen molar-refractivity contribution in [1.29, 1.82) is 0 Å². The maximum absolute atomic E-state index is 6.57. The molecule has 0 saturated heterocycles. The second-order valence-corrected chi connectivity index (χ2v) is 27.5. The summed E-state index contributed by atoms with van der Waals surface area (Å²) in [5.74, 6) is 4.39. The first-order valence-electron chi connectivity index (χ1n) is 31.2. The maximum Gasteiger partial charge on any atom is 0.128 e. The third-order valence-electron chi connectivity index (χ3n) is 21.2. The molecule has 5 atom stereocenters. The zero-order valence-electron chi connectivity index (χ0n) is 49.8. The van der Waals surface area contributed by atoms with Crippen molar-refractivity contribution in [3.05, 3.63) is 252 Å². The molecule has 5 unspecified atom stereocenters. The van der Waals surface area contributed by atoms with Crippen molar-refractivity contribution in [2.45, 2.75) is 90.4 Å². The summed E-state index contributed by atoms with van der Waals surface area (Å²) in [4.78, 5) is 0. The van der Waals surface area contributed by atoms with Gasteiger partial charge in [0.1, 0.15) is 11.5 Å². The molecule has 2 heterocycles. The largest absolute Gasteiger partial charge is 0.457 e. The number of rotatable bonds is 6. The summed E-state index contributed by atoms with van der Waals surface area (Å²) in [6.45, 7) is 16.8. The molecule has 0 amide bonds. The highest BCUT2D eigenvalue weighted by atomic mass is 16.5. The molecule has 11 aromatic carbocycles. The van der Waals surface area contributed by atoms with Crippen LogP contribution in [0.15, 0.2) is 224 Å². The van der Waals surface area contributed by atoms with Crippen molar-refractivity contribution < 1.29 is 4.74 Å². The fourth-order valence-electron chi connectivity index (χ4n) is 17.5. The van der Waals surface area contributed by atoms with Crippen molar-refractivity contribution in [3.8, 4) is 67.4 Å². The van der Waals surface area contributed by atoms with E-state index in [9.17, 15) is 0 Å². The van der Waals surface area contributed by atoms with Crippen LogP contribution in [-0.2, 0) is 16.2 Å². The molecule has 0 aliphatic heterocycles. The molecule has 2 bridgehead atoms. The molecule has 2 fully saturated rings. The summed E-state index contributed by atoms with van der Waals surface area (Å²) in [6.07, 6.45) is 5.20. The SMILES string of the molecule is CC1CC2CC(C)C3(c4ccc(Oc5ccccc5)cc4-c4ccc(-c5cccc6c(-n7c8ccc(C(C)(C)C)cc8c8ccc(-c9ccc%10c%11ccccc%11n(-c%11ccc%12c(c%11)C(C)(C)c%11ccccc%11-%12)c%10c9)cc87)cccc56)cc43)C(C1)C2. The minimum atomic E-state index is -0.104. The molecule has 3 heteroatoms. The van der Waals surface area contributed by atoms with E-state index in [1.54, 1.807) is 0 Å². The van der Waals surface area contributed by atoms with Crippen LogP contribution in [0.2, 0.25) is 0 Å². The highest BCUT2D eigenvalue weighted by molar-refractivity contribution is 6.14. The lowest BCUT2D eigenvalue weighted by molar-refractivity contribution is 0.0426. The molecule has 85 heavy (non-hydrogen) atoms. The van der Waals surface area contributed by atoms with Gasteiger partial charge in [-0.1, -0.05) is 194 Å². The molecule has 17 rings (SSSR count). The Morgan fingerprint density at radius 2 is 1.06 bits per heavy atom. The maximum atomic E-state index is 6.57. The van der Waals surface area contributed by atoms with Gasteiger partial charge in [-0.05, 0) is 211 Å². The van der Waals surface area contributed by atoms with Crippen molar-refractivity contribution in [1.82, 2.24) is 9.13 Å². The standard InChI is InChI=1S/C82H70N2O/c1-49-39-51-41-50(2)82(56(40-49)42-51)72-37-32-59(85-58-17-9-8-10-18-58)48-69(72)64-33-29-54(43-74(64)82)60-21-15-23-65-61(60)22-16-26-76(65)84-77-38-30-55(80(3,4)5)46-70(77)68-35-28-53(45-79(68)84)52-27-34-67-66-20-12-14-25-75(66)83(78(67)44-52)57-31-36-63-62-19-11-13-24-71(62)81(6,7)73(63)47-57/h8-38,43-51,56H,39-42H2,1-7H3. The van der Waals surface area contributed by atoms with Crippen LogP contribution >= 0.6 is 0 Å². The van der Waals surface area contributed by atoms with E-state index < -0.39 is 0 Å². The monoisotopic (exact) mass is 1100 g/mol. The summed E-state index contributed by atoms with van der Waals surface area (Å²) < 4.78 is 11.6. The van der Waals surface area contributed by atoms with Gasteiger partial charge < -0.3 is 13.9 Å². The first-order valence-corrected chi connectivity index (χ1v) is 31.2. The Balaban J connectivity index is 0.825. The van der Waals surface area contributed by atoms with E-state index >= 15 is 0 Å². The Hall–Kier alpha value is -8.92. The average molecular weight is 1100 g/mol. The van der Waals surface area contributed by atoms with E-state index in [1.165, 1.54) is 164 Å². The van der Waals surface area contributed by atoms with Gasteiger partial charge in [-0.15, -0.1) is 0 Å². The Labute approximate surface area is 499 Å². The Kier molecular flexibility index (Phi) is 10.9. The molecule has 2 aromatic heterocycles. The zero-order chi connectivity index (χ0) is 57.3. The van der Waals surface area contributed by atoms with E-state index in [2.05, 4.69) is 264 Å². The van der Waals surface area contributed by atoms with Crippen LogP contribution < -0.4 is 4.74 Å². The number of hydrogen-bond acceptors (Lipinski definition) is 1. The third-order valence-corrected chi connectivity index (χ3v) is 21.2. The quantitative estimate of drug-likeness (QED) is 0.162. The average Bonchev–Trinajstić information content (AvgIpc) is 1.73. The van der Waals surface area contributed by atoms with Gasteiger partial charge in [0.05, 0.1) is 27.8 Å². The van der Waals surface area contributed by atoms with Gasteiger partial charge in [0.25, 0.3) is 0 Å². The van der Waals surface area contributed by atoms with E-state index in [4.69, 9.17) is 4.74 Å². The number of ether oxygens (including phenoxy) is 1. The summed E-state index contributed by atoms with van der Waals surface area (Å²) in [5, 5.41) is 7.57. The summed E-state index contributed by atoms with van der Waals surface area (Å²) in [5.41, 5.74) is 24.5. The predicted molar refractivity (Wildman–Crippen MR) is 356 cm³/mol. The molecule has 4 aliphatic rings. The Morgan fingerprint density at radius 1 is 0.400 bits per heavy atom. The molecule has 2 saturated carbocycles. The summed E-state index contributed by atoms with van der Waals surface area (Å²) in [7, 11) is 0. The van der Waals surface area contributed by atoms with Crippen LogP contribution in [0.4, 0.5) is 0 Å². The smallest absolute Gasteiger partial charge is 0.128 e. The van der Waals surface area contributed by atoms with Crippen LogP contribution in [0.25, 0.3) is 110 Å². The Morgan fingerprint density at radius 3 is 1.89 bits per heavy atom. The van der Waals surface area contributed by atoms with Gasteiger partial charge in [-0.25, -0.2) is 0 Å². The highest BCUT2D eigenvalue weighted by Gasteiger charge is 2.57. The summed E-state index contributed by atoms with van der Waals surface area (Å²) >= 11 is 0. The first kappa shape index (κ1) is 50.6. The lowest BCUT2D eigenvalue weighted by Gasteiger charge is -2.54. The highest BCUT2D eigenvalue weighted by Crippen LogP contribution is 2.65. The molecular formula is C82H70N2O. The molecular weight excluding hydrogens is 1030 g/mol. The van der Waals surface area contributed by atoms with E-state index in [1.807, 2.05) is 18.2 Å². The minimum Gasteiger partial charge on any atom is -0.457 e. The van der Waals surface area contributed by atoms with Crippen molar-refractivity contribution >= 4 is 54.4 Å². The van der Waals surface area contributed by atoms with E-state index in [0.29, 0.717) is 11.8 Å². The first-order chi connectivity index (χ1) is 41.3. The number of nitrogens with zero attached hydrogens (tertiary/aromatic N) is 2. The number of para-hydroxylation sites is 2. The van der Waals surface area contributed by atoms with Gasteiger partial charge in [0, 0.05) is 43.4 Å². The van der Waals surface area contributed by atoms with Gasteiger partial charge in [0.15, 0.2) is 0 Å². The van der Waals surface area contributed by atoms with Crippen molar-refractivity contribution in [3.63, 3.8) is 0 Å². The van der Waals surface area contributed by atoms with Crippen molar-refractivity contribution in [2.75, 3.05) is 0 Å². The topological polar surface area (TPSA) is 19.1 Å². The summed E-state index contributed by atoms with van der Waals surface area (Å²) in [6, 6.07) is 85.4. The molecule has 13 aromatic rings. The number of hydrogen-bond donors (Lipinski definition) is 0. The molecule has 4 aliphatic carbocycles. The lowest BCUT2D eigenvalue weighted by Crippen LogP contribution is -2.49. The van der Waals surface area contributed by atoms with Gasteiger partial charge in [0.2, 0.25) is 0 Å². The third kappa shape index (κ3) is 7.38. The fraction of sp³-hybridized carbons (Fsp3) is 0.220. The zero-order valence-corrected chi connectivity index (χ0v) is 49.8. The number of fused-ring (bicyclic) bond motifs is 18. The molecule has 414 valence electrons. The van der Waals surface area contributed by atoms with Crippen LogP contribution in [0, 0.1) is 23.7 Å². The van der Waals surface area contributed by atoms with E-state index in [-0.39, 0.29) is 16.2 Å². The fourth-order valence-corrected chi connectivity index (χ4v) is 17.5. The number of benzene rings is 11. The normalized spacial score (nSPS) is 20.1. The molecule has 1 spiro atoms. The lowest BCUT2D eigenvalue weighted by atomic mass is 9.49.